The number of hydrogen-bond donors (Lipinski definition) is 2. The van der Waals surface area contributed by atoms with Crippen LogP contribution >= 0.6 is 0 Å². The Morgan fingerprint density at radius 3 is 2.43 bits per heavy atom. The summed E-state index contributed by atoms with van der Waals surface area (Å²) in [5.74, 6) is -1.69. The SMILES string of the molecule is COC1=CC(N(CC2CC2)c2ccc(C(F)(F)F)c3ccccc23)=CNC1C(=O)C1CC1C(=O)O. The Labute approximate surface area is 200 Å². The molecule has 2 saturated carbocycles. The van der Waals surface area contributed by atoms with Crippen LogP contribution in [0.1, 0.15) is 24.8 Å². The number of carboxylic acid groups (broad SMARTS) is 1. The zero-order valence-corrected chi connectivity index (χ0v) is 19.0. The Morgan fingerprint density at radius 2 is 1.83 bits per heavy atom. The van der Waals surface area contributed by atoms with Gasteiger partial charge in [0.2, 0.25) is 0 Å². The Kier molecular flexibility index (Phi) is 5.73. The molecule has 184 valence electrons. The number of ketones is 1. The molecule has 3 atom stereocenters. The lowest BCUT2D eigenvalue weighted by Crippen LogP contribution is -2.41. The fraction of sp³-hybridized carbons (Fsp3) is 0.385. The number of rotatable bonds is 8. The normalized spacial score (nSPS) is 23.7. The van der Waals surface area contributed by atoms with Crippen LogP contribution < -0.4 is 10.2 Å². The van der Waals surface area contributed by atoms with Gasteiger partial charge in [-0.3, -0.25) is 9.59 Å². The average Bonchev–Trinajstić information content (AvgIpc) is 3.75. The van der Waals surface area contributed by atoms with Crippen molar-refractivity contribution in [3.63, 3.8) is 0 Å². The maximum absolute atomic E-state index is 13.7. The summed E-state index contributed by atoms with van der Waals surface area (Å²) < 4.78 is 46.5. The van der Waals surface area contributed by atoms with E-state index in [1.165, 1.54) is 19.2 Å². The van der Waals surface area contributed by atoms with Crippen molar-refractivity contribution in [3.8, 4) is 0 Å². The van der Waals surface area contributed by atoms with Crippen molar-refractivity contribution in [2.24, 2.45) is 17.8 Å². The summed E-state index contributed by atoms with van der Waals surface area (Å²) in [6.45, 7) is 0.610. The van der Waals surface area contributed by atoms with Gasteiger partial charge in [0.15, 0.2) is 5.78 Å². The highest BCUT2D eigenvalue weighted by atomic mass is 19.4. The number of Topliss-reactive ketones (excluding diaryl/α,β-unsaturated/α-hetero) is 1. The van der Waals surface area contributed by atoms with E-state index in [4.69, 9.17) is 4.74 Å². The number of nitrogens with zero attached hydrogens (tertiary/aromatic N) is 1. The number of benzene rings is 2. The molecule has 0 amide bonds. The maximum atomic E-state index is 13.7. The van der Waals surface area contributed by atoms with Gasteiger partial charge < -0.3 is 20.1 Å². The van der Waals surface area contributed by atoms with Crippen molar-refractivity contribution in [2.45, 2.75) is 31.5 Å². The van der Waals surface area contributed by atoms with Gasteiger partial charge in [0.1, 0.15) is 11.8 Å². The highest BCUT2D eigenvalue weighted by Gasteiger charge is 2.51. The first-order valence-corrected chi connectivity index (χ1v) is 11.5. The molecule has 0 aromatic heterocycles. The first kappa shape index (κ1) is 23.3. The lowest BCUT2D eigenvalue weighted by Gasteiger charge is -2.32. The van der Waals surface area contributed by atoms with E-state index in [9.17, 15) is 27.9 Å². The number of aliphatic carboxylic acids is 1. The summed E-state index contributed by atoms with van der Waals surface area (Å²) >= 11 is 0. The van der Waals surface area contributed by atoms with Crippen LogP contribution in [0.25, 0.3) is 10.8 Å². The molecule has 2 N–H and O–H groups in total. The minimum atomic E-state index is -4.47. The molecule has 1 heterocycles. The van der Waals surface area contributed by atoms with Gasteiger partial charge in [-0.15, -0.1) is 0 Å². The minimum Gasteiger partial charge on any atom is -0.498 e. The van der Waals surface area contributed by atoms with Crippen molar-refractivity contribution in [2.75, 3.05) is 18.6 Å². The monoisotopic (exact) mass is 486 g/mol. The summed E-state index contributed by atoms with van der Waals surface area (Å²) in [6.07, 6.45) is 1.29. The van der Waals surface area contributed by atoms with Crippen LogP contribution in [-0.4, -0.2) is 36.6 Å². The zero-order valence-electron chi connectivity index (χ0n) is 19.0. The first-order valence-electron chi connectivity index (χ1n) is 11.5. The molecular formula is C26H25F3N2O4. The summed E-state index contributed by atoms with van der Waals surface area (Å²) in [5.41, 5.74) is 0.613. The minimum absolute atomic E-state index is 0.125. The molecule has 5 rings (SSSR count). The summed E-state index contributed by atoms with van der Waals surface area (Å²) in [7, 11) is 1.44. The van der Waals surface area contributed by atoms with E-state index in [0.717, 1.165) is 18.9 Å². The van der Waals surface area contributed by atoms with E-state index in [2.05, 4.69) is 5.32 Å². The quantitative estimate of drug-likeness (QED) is 0.563. The Morgan fingerprint density at radius 1 is 1.11 bits per heavy atom. The molecule has 3 unspecified atom stereocenters. The molecule has 2 aromatic carbocycles. The van der Waals surface area contributed by atoms with Crippen LogP contribution in [-0.2, 0) is 20.5 Å². The highest BCUT2D eigenvalue weighted by Crippen LogP contribution is 2.43. The molecule has 0 spiro atoms. The number of dihydropyridines is 1. The van der Waals surface area contributed by atoms with Gasteiger partial charge in [0, 0.05) is 35.8 Å². The van der Waals surface area contributed by atoms with Gasteiger partial charge >= 0.3 is 12.1 Å². The van der Waals surface area contributed by atoms with Gasteiger partial charge in [-0.2, -0.15) is 13.2 Å². The standard InChI is InChI=1S/C26H25F3N2O4/c1-35-22-10-15(12-30-23(22)24(32)18-11-19(18)25(33)34)31(13-14-6-7-14)21-9-8-20(26(27,28)29)16-4-2-3-5-17(16)21/h2-5,8-10,12,14,18-19,23,30H,6-7,11,13H2,1H3,(H,33,34). The fourth-order valence-corrected chi connectivity index (χ4v) is 4.74. The molecule has 2 aromatic rings. The Bertz CT molecular complexity index is 1250. The van der Waals surface area contributed by atoms with Crippen LogP contribution in [0, 0.1) is 17.8 Å². The molecule has 0 radical (unpaired) electrons. The molecule has 2 fully saturated rings. The van der Waals surface area contributed by atoms with Crippen LogP contribution in [0.3, 0.4) is 0 Å². The van der Waals surface area contributed by atoms with E-state index in [1.54, 1.807) is 30.5 Å². The zero-order chi connectivity index (χ0) is 24.9. The fourth-order valence-electron chi connectivity index (χ4n) is 4.74. The van der Waals surface area contributed by atoms with Crippen LogP contribution in [0.4, 0.5) is 18.9 Å². The molecule has 0 bridgehead atoms. The number of ether oxygens (including phenoxy) is 1. The average molecular weight is 486 g/mol. The molecular weight excluding hydrogens is 461 g/mol. The van der Waals surface area contributed by atoms with Crippen molar-refractivity contribution in [1.82, 2.24) is 5.32 Å². The van der Waals surface area contributed by atoms with Gasteiger partial charge in [0.05, 0.1) is 24.3 Å². The second-order valence-electron chi connectivity index (χ2n) is 9.34. The van der Waals surface area contributed by atoms with E-state index >= 15 is 0 Å². The number of halogens is 3. The topological polar surface area (TPSA) is 78.9 Å². The number of carbonyl (C=O) groups excluding carboxylic acids is 1. The Hall–Kier alpha value is -3.49. The van der Waals surface area contributed by atoms with Crippen molar-refractivity contribution in [1.29, 1.82) is 0 Å². The number of carboxylic acids is 1. The number of nitrogens with one attached hydrogen (secondary N) is 1. The molecule has 0 saturated heterocycles. The molecule has 3 aliphatic rings. The molecule has 35 heavy (non-hydrogen) atoms. The number of alkyl halides is 3. The van der Waals surface area contributed by atoms with E-state index in [1.807, 2.05) is 4.90 Å². The first-order chi connectivity index (χ1) is 16.7. The predicted octanol–water partition coefficient (Wildman–Crippen LogP) is 4.71. The smallest absolute Gasteiger partial charge is 0.417 e. The van der Waals surface area contributed by atoms with Crippen molar-refractivity contribution in [3.05, 3.63) is 65.7 Å². The third kappa shape index (κ3) is 4.47. The van der Waals surface area contributed by atoms with Crippen molar-refractivity contribution >= 4 is 28.2 Å². The molecule has 9 heteroatoms. The number of fused-ring (bicyclic) bond motifs is 1. The molecule has 1 aliphatic heterocycles. The number of methoxy groups -OCH3 is 1. The van der Waals surface area contributed by atoms with Gasteiger partial charge in [0.25, 0.3) is 0 Å². The van der Waals surface area contributed by atoms with Gasteiger partial charge in [-0.25, -0.2) is 0 Å². The van der Waals surface area contributed by atoms with Crippen LogP contribution in [0.15, 0.2) is 60.1 Å². The van der Waals surface area contributed by atoms with Crippen LogP contribution in [0.5, 0.6) is 0 Å². The van der Waals surface area contributed by atoms with Crippen molar-refractivity contribution < 1.29 is 32.6 Å². The van der Waals surface area contributed by atoms with E-state index in [-0.39, 0.29) is 11.2 Å². The second kappa shape index (κ2) is 8.62. The Balaban J connectivity index is 1.50. The molecule has 6 nitrogen and oxygen atoms in total. The lowest BCUT2D eigenvalue weighted by molar-refractivity contribution is -0.140. The highest BCUT2D eigenvalue weighted by molar-refractivity contribution is 5.98. The van der Waals surface area contributed by atoms with E-state index < -0.39 is 35.6 Å². The predicted molar refractivity (Wildman–Crippen MR) is 123 cm³/mol. The van der Waals surface area contributed by atoms with Gasteiger partial charge in [-0.1, -0.05) is 24.3 Å². The third-order valence-electron chi connectivity index (χ3n) is 6.91. The van der Waals surface area contributed by atoms with Gasteiger partial charge in [-0.05, 0) is 42.7 Å². The summed E-state index contributed by atoms with van der Waals surface area (Å²) in [6, 6.07) is 8.27. The number of carbonyl (C=O) groups is 2. The van der Waals surface area contributed by atoms with E-state index in [0.29, 0.717) is 41.4 Å². The summed E-state index contributed by atoms with van der Waals surface area (Å²) in [4.78, 5) is 26.1. The largest absolute Gasteiger partial charge is 0.498 e. The summed E-state index contributed by atoms with van der Waals surface area (Å²) in [5, 5.41) is 12.8. The third-order valence-corrected chi connectivity index (χ3v) is 6.91. The number of hydrogen-bond acceptors (Lipinski definition) is 5. The lowest BCUT2D eigenvalue weighted by atomic mass is 9.99. The second-order valence-corrected chi connectivity index (χ2v) is 9.34. The molecule has 2 aliphatic carbocycles. The number of allylic oxidation sites excluding steroid dienone is 1. The van der Waals surface area contributed by atoms with Crippen LogP contribution in [0.2, 0.25) is 0 Å². The number of anilines is 1. The maximum Gasteiger partial charge on any atom is 0.417 e.